The number of aryl methyl sites for hydroxylation is 1. The lowest BCUT2D eigenvalue weighted by atomic mass is 10.1. The molecule has 10 heteroatoms. The van der Waals surface area contributed by atoms with E-state index in [2.05, 4.69) is 10.3 Å². The van der Waals surface area contributed by atoms with E-state index in [1.165, 1.54) is 15.6 Å². The lowest BCUT2D eigenvalue weighted by Gasteiger charge is -2.23. The van der Waals surface area contributed by atoms with Gasteiger partial charge in [-0.2, -0.15) is 4.31 Å². The van der Waals surface area contributed by atoms with E-state index in [1.54, 1.807) is 36.5 Å². The summed E-state index contributed by atoms with van der Waals surface area (Å²) in [4.78, 5) is 23.4. The summed E-state index contributed by atoms with van der Waals surface area (Å²) in [7, 11) is -1.87. The van der Waals surface area contributed by atoms with E-state index in [4.69, 9.17) is 4.98 Å². The number of imidazole rings is 1. The van der Waals surface area contributed by atoms with Gasteiger partial charge in [-0.1, -0.05) is 59.9 Å². The van der Waals surface area contributed by atoms with Gasteiger partial charge in [-0.25, -0.2) is 18.4 Å². The van der Waals surface area contributed by atoms with Crippen LogP contribution in [0.2, 0.25) is 0 Å². The minimum atomic E-state index is -3.77. The van der Waals surface area contributed by atoms with Crippen LogP contribution in [0, 0.1) is 0 Å². The average Bonchev–Trinajstić information content (AvgIpc) is 3.60. The number of hydrogen-bond acceptors (Lipinski definition) is 6. The van der Waals surface area contributed by atoms with Gasteiger partial charge in [0.2, 0.25) is 15.9 Å². The van der Waals surface area contributed by atoms with Gasteiger partial charge in [0.25, 0.3) is 0 Å². The van der Waals surface area contributed by atoms with Crippen molar-refractivity contribution in [2.75, 3.05) is 11.9 Å². The number of anilines is 1. The van der Waals surface area contributed by atoms with E-state index in [1.807, 2.05) is 48.1 Å². The highest BCUT2D eigenvalue weighted by Gasteiger charge is 2.39. The van der Waals surface area contributed by atoms with E-state index in [0.29, 0.717) is 24.5 Å². The molecule has 1 saturated heterocycles. The summed E-state index contributed by atoms with van der Waals surface area (Å²) >= 11 is 1.32. The van der Waals surface area contributed by atoms with Crippen LogP contribution in [-0.4, -0.2) is 45.8 Å². The first-order valence-electron chi connectivity index (χ1n) is 10.9. The molecule has 0 bridgehead atoms. The van der Waals surface area contributed by atoms with Gasteiger partial charge in [-0.05, 0) is 25.0 Å². The molecule has 1 atom stereocenters. The molecular formula is C24H23N5O3S2. The van der Waals surface area contributed by atoms with Crippen molar-refractivity contribution >= 4 is 32.4 Å². The molecule has 1 N–H and O–H groups in total. The quantitative estimate of drug-likeness (QED) is 0.438. The number of sulfonamides is 1. The van der Waals surface area contributed by atoms with Crippen LogP contribution in [0.4, 0.5) is 5.13 Å². The van der Waals surface area contributed by atoms with Crippen molar-refractivity contribution in [2.45, 2.75) is 23.8 Å². The second-order valence-corrected chi connectivity index (χ2v) is 10.9. The molecule has 0 saturated carbocycles. The summed E-state index contributed by atoms with van der Waals surface area (Å²) in [6, 6.07) is 17.1. The molecule has 3 heterocycles. The number of benzene rings is 2. The first-order chi connectivity index (χ1) is 16.4. The Hall–Kier alpha value is -3.34. The summed E-state index contributed by atoms with van der Waals surface area (Å²) in [6.07, 6.45) is 4.65. The van der Waals surface area contributed by atoms with Crippen LogP contribution in [0.3, 0.4) is 0 Å². The number of thiazole rings is 1. The molecule has 2 aromatic carbocycles. The van der Waals surface area contributed by atoms with Crippen LogP contribution in [0.25, 0.3) is 22.0 Å². The highest BCUT2D eigenvalue weighted by Crippen LogP contribution is 2.38. The minimum absolute atomic E-state index is 0.187. The van der Waals surface area contributed by atoms with Crippen LogP contribution in [0.5, 0.6) is 0 Å². The molecule has 1 unspecified atom stereocenters. The van der Waals surface area contributed by atoms with Crippen LogP contribution in [0.1, 0.15) is 12.8 Å². The first-order valence-corrected chi connectivity index (χ1v) is 13.1. The predicted octanol–water partition coefficient (Wildman–Crippen LogP) is 4.00. The van der Waals surface area contributed by atoms with Crippen molar-refractivity contribution < 1.29 is 13.2 Å². The first kappa shape index (κ1) is 22.5. The van der Waals surface area contributed by atoms with Crippen LogP contribution in [-0.2, 0) is 21.9 Å². The molecule has 4 aromatic rings. The molecule has 0 aliphatic carbocycles. The monoisotopic (exact) mass is 493 g/mol. The van der Waals surface area contributed by atoms with Gasteiger partial charge < -0.3 is 9.88 Å². The lowest BCUT2D eigenvalue weighted by molar-refractivity contribution is -0.119. The summed E-state index contributed by atoms with van der Waals surface area (Å²) in [5.74, 6) is 0.364. The van der Waals surface area contributed by atoms with Crippen molar-refractivity contribution in [1.29, 1.82) is 0 Å². The predicted molar refractivity (Wildman–Crippen MR) is 132 cm³/mol. The maximum absolute atomic E-state index is 13.2. The standard InChI is InChI=1S/C24H23N5O3S2/c1-28-16-14-25-22(28)21-20(17-9-4-2-5-10-17)26-24(33-21)27-23(30)19-13-8-15-29(19)34(31,32)18-11-6-3-7-12-18/h2-7,9-12,14,16,19H,8,13,15H2,1H3,(H,26,27,30). The number of carbonyl (C=O) groups is 1. The van der Waals surface area contributed by atoms with Crippen molar-refractivity contribution in [3.63, 3.8) is 0 Å². The van der Waals surface area contributed by atoms with Gasteiger partial charge in [0.15, 0.2) is 11.0 Å². The molecule has 1 amide bonds. The molecule has 8 nitrogen and oxygen atoms in total. The SMILES string of the molecule is Cn1ccnc1-c1sc(NC(=O)C2CCCN2S(=O)(=O)c2ccccc2)nc1-c1ccccc1. The normalized spacial score (nSPS) is 16.6. The number of aromatic nitrogens is 3. The highest BCUT2D eigenvalue weighted by atomic mass is 32.2. The van der Waals surface area contributed by atoms with Crippen molar-refractivity contribution in [3.8, 4) is 22.0 Å². The Labute approximate surface area is 202 Å². The van der Waals surface area contributed by atoms with E-state index in [9.17, 15) is 13.2 Å². The smallest absolute Gasteiger partial charge is 0.244 e. The van der Waals surface area contributed by atoms with Crippen molar-refractivity contribution in [1.82, 2.24) is 18.8 Å². The van der Waals surface area contributed by atoms with Gasteiger partial charge in [0.05, 0.1) is 15.5 Å². The fourth-order valence-corrected chi connectivity index (χ4v) is 6.82. The van der Waals surface area contributed by atoms with Crippen molar-refractivity contribution in [2.24, 2.45) is 7.05 Å². The Morgan fingerprint density at radius 2 is 1.79 bits per heavy atom. The number of amides is 1. The largest absolute Gasteiger partial charge is 0.333 e. The Bertz CT molecular complexity index is 1420. The lowest BCUT2D eigenvalue weighted by Crippen LogP contribution is -2.43. The second-order valence-electron chi connectivity index (χ2n) is 8.00. The summed E-state index contributed by atoms with van der Waals surface area (Å²) in [6.45, 7) is 0.307. The summed E-state index contributed by atoms with van der Waals surface area (Å²) < 4.78 is 29.5. The molecule has 0 radical (unpaired) electrons. The third-order valence-corrected chi connectivity index (χ3v) is 8.67. The van der Waals surface area contributed by atoms with Crippen molar-refractivity contribution in [3.05, 3.63) is 73.1 Å². The number of hydrogen-bond donors (Lipinski definition) is 1. The molecule has 2 aromatic heterocycles. The van der Waals surface area contributed by atoms with Crippen LogP contribution in [0.15, 0.2) is 78.0 Å². The Morgan fingerprint density at radius 1 is 1.09 bits per heavy atom. The van der Waals surface area contributed by atoms with Gasteiger partial charge in [0.1, 0.15) is 6.04 Å². The summed E-state index contributed by atoms with van der Waals surface area (Å²) in [5, 5.41) is 3.28. The molecule has 174 valence electrons. The van der Waals surface area contributed by atoms with Gasteiger partial charge in [0, 0.05) is 31.5 Å². The number of rotatable bonds is 6. The molecule has 34 heavy (non-hydrogen) atoms. The van der Waals surface area contributed by atoms with Gasteiger partial charge in [-0.15, -0.1) is 0 Å². The van der Waals surface area contributed by atoms with Crippen LogP contribution >= 0.6 is 11.3 Å². The third-order valence-electron chi connectivity index (χ3n) is 5.78. The maximum Gasteiger partial charge on any atom is 0.244 e. The van der Waals surface area contributed by atoms with Crippen LogP contribution < -0.4 is 5.32 Å². The van der Waals surface area contributed by atoms with Gasteiger partial charge >= 0.3 is 0 Å². The zero-order chi connectivity index (χ0) is 23.7. The van der Waals surface area contributed by atoms with E-state index >= 15 is 0 Å². The number of carbonyl (C=O) groups excluding carboxylic acids is 1. The summed E-state index contributed by atoms with van der Waals surface area (Å²) in [5.41, 5.74) is 1.63. The number of nitrogens with one attached hydrogen (secondary N) is 1. The third kappa shape index (κ3) is 4.15. The number of nitrogens with zero attached hydrogens (tertiary/aromatic N) is 4. The maximum atomic E-state index is 13.2. The minimum Gasteiger partial charge on any atom is -0.333 e. The highest BCUT2D eigenvalue weighted by molar-refractivity contribution is 7.89. The van der Waals surface area contributed by atoms with E-state index in [-0.39, 0.29) is 10.8 Å². The zero-order valence-electron chi connectivity index (χ0n) is 18.5. The molecule has 1 aliphatic heterocycles. The molecule has 5 rings (SSSR count). The van der Waals surface area contributed by atoms with E-state index < -0.39 is 16.1 Å². The zero-order valence-corrected chi connectivity index (χ0v) is 20.1. The molecule has 1 aliphatic rings. The Balaban J connectivity index is 1.45. The average molecular weight is 494 g/mol. The fraction of sp³-hybridized carbons (Fsp3) is 0.208. The molecular weight excluding hydrogens is 470 g/mol. The molecule has 0 spiro atoms. The fourth-order valence-electron chi connectivity index (χ4n) is 4.11. The Morgan fingerprint density at radius 3 is 2.47 bits per heavy atom. The van der Waals surface area contributed by atoms with E-state index in [0.717, 1.165) is 22.0 Å². The Kier molecular flexibility index (Phi) is 6.03. The molecule has 1 fully saturated rings. The topological polar surface area (TPSA) is 97.2 Å². The van der Waals surface area contributed by atoms with Gasteiger partial charge in [-0.3, -0.25) is 4.79 Å². The second kappa shape index (κ2) is 9.13.